The van der Waals surface area contributed by atoms with E-state index >= 15 is 0 Å². The van der Waals surface area contributed by atoms with Gasteiger partial charge >= 0.3 is 0 Å². The summed E-state index contributed by atoms with van der Waals surface area (Å²) in [5.41, 5.74) is 2.29. The molecule has 1 saturated carbocycles. The van der Waals surface area contributed by atoms with Crippen LogP contribution in [-0.2, 0) is 4.84 Å². The second-order valence-electron chi connectivity index (χ2n) is 7.78. The van der Waals surface area contributed by atoms with Crippen molar-refractivity contribution in [2.75, 3.05) is 32.1 Å². The Labute approximate surface area is 143 Å². The van der Waals surface area contributed by atoms with Crippen LogP contribution in [0.25, 0.3) is 0 Å². The summed E-state index contributed by atoms with van der Waals surface area (Å²) in [4.78, 5) is 8.50. The van der Waals surface area contributed by atoms with Gasteiger partial charge in [0.1, 0.15) is 5.75 Å². The highest BCUT2D eigenvalue weighted by Gasteiger charge is 2.52. The molecule has 1 aromatic carbocycles. The number of nitrogens with one attached hydrogen (secondary N) is 1. The first-order valence-corrected chi connectivity index (χ1v) is 9.18. The Hall–Kier alpha value is -1.75. The van der Waals surface area contributed by atoms with Crippen LogP contribution in [-0.4, -0.2) is 43.1 Å². The molecule has 4 fully saturated rings. The molecule has 5 nitrogen and oxygen atoms in total. The molecular formula is C19H25N3O2. The van der Waals surface area contributed by atoms with E-state index in [4.69, 9.17) is 9.57 Å². The van der Waals surface area contributed by atoms with Crippen LogP contribution in [0.15, 0.2) is 23.4 Å². The molecular weight excluding hydrogens is 302 g/mol. The van der Waals surface area contributed by atoms with E-state index in [-0.39, 0.29) is 5.60 Å². The highest BCUT2D eigenvalue weighted by molar-refractivity contribution is 5.96. The van der Waals surface area contributed by atoms with Crippen LogP contribution in [0.5, 0.6) is 5.75 Å². The minimum absolute atomic E-state index is 0.0864. The Morgan fingerprint density at radius 3 is 2.75 bits per heavy atom. The van der Waals surface area contributed by atoms with Gasteiger partial charge in [-0.1, -0.05) is 11.2 Å². The topological polar surface area (TPSA) is 46.1 Å². The van der Waals surface area contributed by atoms with Crippen LogP contribution < -0.4 is 10.1 Å². The first kappa shape index (κ1) is 14.6. The van der Waals surface area contributed by atoms with Gasteiger partial charge in [0.25, 0.3) is 0 Å². The van der Waals surface area contributed by atoms with E-state index in [1.165, 1.54) is 44.3 Å². The Balaban J connectivity index is 1.30. The van der Waals surface area contributed by atoms with Crippen LogP contribution in [0.2, 0.25) is 0 Å². The average molecular weight is 327 g/mol. The summed E-state index contributed by atoms with van der Waals surface area (Å²) < 4.78 is 5.58. The lowest BCUT2D eigenvalue weighted by Gasteiger charge is -2.49. The Morgan fingerprint density at radius 2 is 2.08 bits per heavy atom. The zero-order valence-electron chi connectivity index (χ0n) is 14.3. The molecule has 0 amide bonds. The molecule has 4 aliphatic heterocycles. The van der Waals surface area contributed by atoms with E-state index < -0.39 is 0 Å². The van der Waals surface area contributed by atoms with Gasteiger partial charge in [-0.25, -0.2) is 0 Å². The zero-order chi connectivity index (χ0) is 16.1. The molecule has 1 N–H and O–H groups in total. The fraction of sp³-hybridized carbons (Fsp3) is 0.632. The normalized spacial score (nSPS) is 34.1. The van der Waals surface area contributed by atoms with Crippen molar-refractivity contribution in [1.82, 2.24) is 4.90 Å². The number of amidine groups is 1. The van der Waals surface area contributed by atoms with Gasteiger partial charge in [0.2, 0.25) is 0 Å². The van der Waals surface area contributed by atoms with Gasteiger partial charge in [0.15, 0.2) is 11.4 Å². The molecule has 2 bridgehead atoms. The van der Waals surface area contributed by atoms with Crippen molar-refractivity contribution in [3.05, 3.63) is 23.8 Å². The van der Waals surface area contributed by atoms with Crippen molar-refractivity contribution in [3.63, 3.8) is 0 Å². The molecule has 24 heavy (non-hydrogen) atoms. The Bertz CT molecular complexity index is 677. The van der Waals surface area contributed by atoms with Gasteiger partial charge in [0, 0.05) is 24.2 Å². The van der Waals surface area contributed by atoms with Crippen LogP contribution >= 0.6 is 0 Å². The third kappa shape index (κ3) is 2.37. The number of hydrogen-bond donors (Lipinski definition) is 1. The smallest absolute Gasteiger partial charge is 0.160 e. The maximum absolute atomic E-state index is 5.98. The molecule has 3 saturated heterocycles. The Kier molecular flexibility index (Phi) is 3.27. The van der Waals surface area contributed by atoms with Crippen LogP contribution in [0.4, 0.5) is 5.69 Å². The number of ether oxygens (including phenoxy) is 1. The quantitative estimate of drug-likeness (QED) is 0.926. The largest absolute Gasteiger partial charge is 0.496 e. The molecule has 0 aromatic heterocycles. The van der Waals surface area contributed by atoms with E-state index in [2.05, 4.69) is 33.6 Å². The predicted octanol–water partition coefficient (Wildman–Crippen LogP) is 3.18. The first-order chi connectivity index (χ1) is 11.8. The lowest BCUT2D eigenvalue weighted by molar-refractivity contribution is -0.136. The van der Waals surface area contributed by atoms with Crippen LogP contribution in [0, 0.1) is 5.92 Å². The summed E-state index contributed by atoms with van der Waals surface area (Å²) >= 11 is 0. The number of methoxy groups -OCH3 is 1. The van der Waals surface area contributed by atoms with Crippen molar-refractivity contribution in [2.24, 2.45) is 11.1 Å². The van der Waals surface area contributed by atoms with Crippen molar-refractivity contribution in [3.8, 4) is 5.75 Å². The molecule has 1 aromatic rings. The summed E-state index contributed by atoms with van der Waals surface area (Å²) in [6.07, 6.45) is 5.94. The lowest BCUT2D eigenvalue weighted by Crippen LogP contribution is -2.59. The van der Waals surface area contributed by atoms with Gasteiger partial charge in [0.05, 0.1) is 13.5 Å². The Morgan fingerprint density at radius 1 is 1.25 bits per heavy atom. The summed E-state index contributed by atoms with van der Waals surface area (Å²) in [7, 11) is 1.75. The predicted molar refractivity (Wildman–Crippen MR) is 93.6 cm³/mol. The molecule has 1 atom stereocenters. The van der Waals surface area contributed by atoms with Crippen molar-refractivity contribution in [1.29, 1.82) is 0 Å². The van der Waals surface area contributed by atoms with E-state index in [0.29, 0.717) is 11.8 Å². The van der Waals surface area contributed by atoms with Crippen molar-refractivity contribution in [2.45, 2.75) is 43.6 Å². The standard InChI is InChI=1S/C19H25N3O2/c1-23-17-10-15(4-5-16(17)13-2-3-13)20-18-11-19(24-21-18)12-22-8-6-14(19)7-9-22/h4-5,10,13-14H,2-3,6-9,11-12H2,1H3,(H,20,21). The SMILES string of the molecule is COc1cc(NC2=NOC3(C2)CN2CCC3CC2)ccc1C1CC1. The van der Waals surface area contributed by atoms with E-state index in [9.17, 15) is 0 Å². The van der Waals surface area contributed by atoms with Gasteiger partial charge in [-0.15, -0.1) is 0 Å². The van der Waals surface area contributed by atoms with E-state index in [1.807, 2.05) is 0 Å². The molecule has 1 aliphatic carbocycles. The average Bonchev–Trinajstić information content (AvgIpc) is 3.39. The zero-order valence-corrected chi connectivity index (χ0v) is 14.3. The molecule has 5 aliphatic rings. The second kappa shape index (κ2) is 5.38. The summed E-state index contributed by atoms with van der Waals surface area (Å²) in [6, 6.07) is 6.43. The molecule has 128 valence electrons. The maximum atomic E-state index is 5.98. The summed E-state index contributed by atoms with van der Waals surface area (Å²) in [6.45, 7) is 3.47. The molecule has 4 heterocycles. The van der Waals surface area contributed by atoms with Crippen molar-refractivity contribution >= 4 is 11.5 Å². The summed E-state index contributed by atoms with van der Waals surface area (Å²) in [5, 5.41) is 7.85. The summed E-state index contributed by atoms with van der Waals surface area (Å²) in [5.74, 6) is 3.28. The van der Waals surface area contributed by atoms with Gasteiger partial charge in [-0.3, -0.25) is 4.90 Å². The van der Waals surface area contributed by atoms with Crippen LogP contribution in [0.1, 0.15) is 43.6 Å². The number of piperidine rings is 3. The number of nitrogens with zero attached hydrogens (tertiary/aromatic N) is 2. The second-order valence-corrected chi connectivity index (χ2v) is 7.78. The third-order valence-electron chi connectivity index (χ3n) is 6.17. The molecule has 0 radical (unpaired) electrons. The molecule has 6 rings (SSSR count). The number of hydrogen-bond acceptors (Lipinski definition) is 5. The number of fused-ring (bicyclic) bond motifs is 2. The van der Waals surface area contributed by atoms with Gasteiger partial charge in [-0.05, 0) is 56.3 Å². The minimum atomic E-state index is -0.0864. The fourth-order valence-corrected chi connectivity index (χ4v) is 4.68. The number of oxime groups is 1. The number of anilines is 1. The highest BCUT2D eigenvalue weighted by Crippen LogP contribution is 2.46. The molecule has 1 unspecified atom stereocenters. The third-order valence-corrected chi connectivity index (χ3v) is 6.17. The van der Waals surface area contributed by atoms with Crippen LogP contribution in [0.3, 0.4) is 0 Å². The number of benzene rings is 1. The monoisotopic (exact) mass is 327 g/mol. The van der Waals surface area contributed by atoms with E-state index in [0.717, 1.165) is 30.2 Å². The maximum Gasteiger partial charge on any atom is 0.160 e. The van der Waals surface area contributed by atoms with E-state index in [1.54, 1.807) is 7.11 Å². The van der Waals surface area contributed by atoms with Gasteiger partial charge in [-0.2, -0.15) is 0 Å². The fourth-order valence-electron chi connectivity index (χ4n) is 4.68. The molecule has 5 heteroatoms. The lowest BCUT2D eigenvalue weighted by atomic mass is 9.73. The number of rotatable bonds is 3. The highest BCUT2D eigenvalue weighted by atomic mass is 16.7. The minimum Gasteiger partial charge on any atom is -0.496 e. The van der Waals surface area contributed by atoms with Crippen molar-refractivity contribution < 1.29 is 9.57 Å². The molecule has 1 spiro atoms. The van der Waals surface area contributed by atoms with Gasteiger partial charge < -0.3 is 14.9 Å². The first-order valence-electron chi connectivity index (χ1n) is 9.18.